The summed E-state index contributed by atoms with van der Waals surface area (Å²) in [6.45, 7) is 0. The first-order valence-corrected chi connectivity index (χ1v) is 6.88. The summed E-state index contributed by atoms with van der Waals surface area (Å²) in [6.07, 6.45) is 5.47. The maximum Gasteiger partial charge on any atom is 0.335 e. The number of aromatic carboxylic acids is 1. The zero-order chi connectivity index (χ0) is 13.9. The molecule has 100 valence electrons. The van der Waals surface area contributed by atoms with E-state index < -0.39 is 5.97 Å². The van der Waals surface area contributed by atoms with Crippen LogP contribution in [0.25, 0.3) is 5.57 Å². The molecule has 0 aliphatic heterocycles. The Bertz CT molecular complexity index is 683. The Balaban J connectivity index is 2.12. The van der Waals surface area contributed by atoms with Crippen molar-refractivity contribution in [2.24, 2.45) is 0 Å². The number of carbonyl (C=O) groups is 1. The van der Waals surface area contributed by atoms with Crippen molar-refractivity contribution in [3.05, 3.63) is 76.9 Å². The van der Waals surface area contributed by atoms with Crippen molar-refractivity contribution in [1.82, 2.24) is 0 Å². The summed E-state index contributed by atoms with van der Waals surface area (Å²) in [7, 11) is 0. The lowest BCUT2D eigenvalue weighted by Crippen LogP contribution is -1.98. The molecule has 2 heteroatoms. The molecule has 0 saturated carbocycles. The van der Waals surface area contributed by atoms with Crippen molar-refractivity contribution in [1.29, 1.82) is 0 Å². The number of fused-ring (bicyclic) bond motifs is 1. The molecule has 2 aromatic carbocycles. The van der Waals surface area contributed by atoms with Gasteiger partial charge in [0.05, 0.1) is 5.56 Å². The average molecular weight is 264 g/mol. The first-order valence-electron chi connectivity index (χ1n) is 6.88. The van der Waals surface area contributed by atoms with Gasteiger partial charge in [-0.05, 0) is 53.7 Å². The van der Waals surface area contributed by atoms with E-state index in [1.54, 1.807) is 12.1 Å². The molecule has 0 radical (unpaired) electrons. The second-order valence-electron chi connectivity index (χ2n) is 5.05. The minimum Gasteiger partial charge on any atom is -0.478 e. The van der Waals surface area contributed by atoms with Crippen LogP contribution in [-0.2, 0) is 6.42 Å². The highest BCUT2D eigenvalue weighted by Crippen LogP contribution is 2.31. The lowest BCUT2D eigenvalue weighted by atomic mass is 9.93. The van der Waals surface area contributed by atoms with Gasteiger partial charge in [-0.15, -0.1) is 0 Å². The van der Waals surface area contributed by atoms with E-state index in [1.807, 2.05) is 18.2 Å². The van der Waals surface area contributed by atoms with Crippen LogP contribution >= 0.6 is 0 Å². The van der Waals surface area contributed by atoms with Crippen molar-refractivity contribution >= 4 is 11.5 Å². The standard InChI is InChI=1S/C18H16O2/c19-18(20)15-9-5-8-14(12-15)17-11-4-2-7-13-6-1-3-10-16(13)17/h1,3,5-6,8-12H,2,4,7H2,(H,19,20). The molecule has 0 aromatic heterocycles. The fraction of sp³-hybridized carbons (Fsp3) is 0.167. The van der Waals surface area contributed by atoms with Crippen molar-refractivity contribution in [2.45, 2.75) is 19.3 Å². The molecule has 1 aliphatic carbocycles. The van der Waals surface area contributed by atoms with Crippen LogP contribution in [0, 0.1) is 0 Å². The van der Waals surface area contributed by atoms with E-state index in [4.69, 9.17) is 5.11 Å². The van der Waals surface area contributed by atoms with Gasteiger partial charge < -0.3 is 5.11 Å². The average Bonchev–Trinajstić information content (AvgIpc) is 2.69. The highest BCUT2D eigenvalue weighted by molar-refractivity contribution is 5.90. The number of rotatable bonds is 2. The molecule has 2 aromatic rings. The SMILES string of the molecule is O=C(O)c1cccc(C2=CCCCc3ccccc32)c1. The third-order valence-corrected chi connectivity index (χ3v) is 3.73. The van der Waals surface area contributed by atoms with Gasteiger partial charge in [0.2, 0.25) is 0 Å². The summed E-state index contributed by atoms with van der Waals surface area (Å²) in [6, 6.07) is 15.6. The Hall–Kier alpha value is -2.35. The van der Waals surface area contributed by atoms with Gasteiger partial charge in [0.1, 0.15) is 0 Å². The molecule has 0 atom stereocenters. The summed E-state index contributed by atoms with van der Waals surface area (Å²) in [5, 5.41) is 9.14. The van der Waals surface area contributed by atoms with Crippen molar-refractivity contribution in [2.75, 3.05) is 0 Å². The first kappa shape index (κ1) is 12.7. The van der Waals surface area contributed by atoms with E-state index in [0.29, 0.717) is 5.56 Å². The molecule has 0 amide bonds. The van der Waals surface area contributed by atoms with Crippen LogP contribution in [0.4, 0.5) is 0 Å². The molecule has 0 spiro atoms. The van der Waals surface area contributed by atoms with Crippen LogP contribution in [0.3, 0.4) is 0 Å². The zero-order valence-corrected chi connectivity index (χ0v) is 11.2. The molecule has 1 N–H and O–H groups in total. The Morgan fingerprint density at radius 2 is 1.90 bits per heavy atom. The van der Waals surface area contributed by atoms with Gasteiger partial charge in [-0.2, -0.15) is 0 Å². The summed E-state index contributed by atoms with van der Waals surface area (Å²) < 4.78 is 0. The summed E-state index contributed by atoms with van der Waals surface area (Å²) in [5.41, 5.74) is 5.05. The summed E-state index contributed by atoms with van der Waals surface area (Å²) in [4.78, 5) is 11.1. The zero-order valence-electron chi connectivity index (χ0n) is 11.2. The minimum absolute atomic E-state index is 0.338. The predicted octanol–water partition coefficient (Wildman–Crippen LogP) is 4.15. The summed E-state index contributed by atoms with van der Waals surface area (Å²) in [5.74, 6) is -0.880. The van der Waals surface area contributed by atoms with Gasteiger partial charge >= 0.3 is 5.97 Å². The topological polar surface area (TPSA) is 37.3 Å². The maximum atomic E-state index is 11.1. The fourth-order valence-electron chi connectivity index (χ4n) is 2.74. The Labute approximate surface area is 118 Å². The molecule has 1 aliphatic rings. The van der Waals surface area contributed by atoms with Gasteiger partial charge in [-0.3, -0.25) is 0 Å². The maximum absolute atomic E-state index is 11.1. The Kier molecular flexibility index (Phi) is 3.38. The first-order chi connectivity index (χ1) is 9.75. The molecule has 0 fully saturated rings. The molecule has 20 heavy (non-hydrogen) atoms. The molecular formula is C18H16O2. The minimum atomic E-state index is -0.880. The van der Waals surface area contributed by atoms with Crippen molar-refractivity contribution in [3.63, 3.8) is 0 Å². The molecule has 0 unspecified atom stereocenters. The quantitative estimate of drug-likeness (QED) is 0.884. The number of benzene rings is 2. The van der Waals surface area contributed by atoms with Crippen molar-refractivity contribution < 1.29 is 9.90 Å². The number of carboxylic acids is 1. The van der Waals surface area contributed by atoms with Crippen LogP contribution < -0.4 is 0 Å². The van der Waals surface area contributed by atoms with E-state index in [9.17, 15) is 4.79 Å². The predicted molar refractivity (Wildman–Crippen MR) is 79.9 cm³/mol. The third-order valence-electron chi connectivity index (χ3n) is 3.73. The molecule has 0 bridgehead atoms. The second kappa shape index (κ2) is 5.33. The van der Waals surface area contributed by atoms with E-state index in [2.05, 4.69) is 24.3 Å². The smallest absolute Gasteiger partial charge is 0.335 e. The number of carboxylic acid groups (broad SMARTS) is 1. The molecular weight excluding hydrogens is 248 g/mol. The Morgan fingerprint density at radius 3 is 2.75 bits per heavy atom. The van der Waals surface area contributed by atoms with E-state index >= 15 is 0 Å². The van der Waals surface area contributed by atoms with Crippen LogP contribution in [0.2, 0.25) is 0 Å². The lowest BCUT2D eigenvalue weighted by Gasteiger charge is -2.11. The van der Waals surface area contributed by atoms with Crippen LogP contribution in [-0.4, -0.2) is 11.1 Å². The highest BCUT2D eigenvalue weighted by Gasteiger charge is 2.13. The largest absolute Gasteiger partial charge is 0.478 e. The molecule has 0 heterocycles. The highest BCUT2D eigenvalue weighted by atomic mass is 16.4. The summed E-state index contributed by atoms with van der Waals surface area (Å²) >= 11 is 0. The van der Waals surface area contributed by atoms with Crippen LogP contribution in [0.15, 0.2) is 54.6 Å². The van der Waals surface area contributed by atoms with Gasteiger partial charge in [0.15, 0.2) is 0 Å². The molecule has 2 nitrogen and oxygen atoms in total. The Morgan fingerprint density at radius 1 is 1.05 bits per heavy atom. The van der Waals surface area contributed by atoms with E-state index in [1.165, 1.54) is 11.1 Å². The monoisotopic (exact) mass is 264 g/mol. The molecule has 3 rings (SSSR count). The lowest BCUT2D eigenvalue weighted by molar-refractivity contribution is 0.0697. The van der Waals surface area contributed by atoms with Crippen LogP contribution in [0.5, 0.6) is 0 Å². The van der Waals surface area contributed by atoms with Gasteiger partial charge in [0.25, 0.3) is 0 Å². The van der Waals surface area contributed by atoms with Gasteiger partial charge in [-0.1, -0.05) is 42.5 Å². The van der Waals surface area contributed by atoms with E-state index in [0.717, 1.165) is 30.4 Å². The van der Waals surface area contributed by atoms with Gasteiger partial charge in [-0.25, -0.2) is 4.79 Å². The number of hydrogen-bond acceptors (Lipinski definition) is 1. The molecule has 0 saturated heterocycles. The second-order valence-corrected chi connectivity index (χ2v) is 5.05. The van der Waals surface area contributed by atoms with Gasteiger partial charge in [0, 0.05) is 0 Å². The third kappa shape index (κ3) is 2.37. The number of hydrogen-bond donors (Lipinski definition) is 1. The van der Waals surface area contributed by atoms with Crippen LogP contribution in [0.1, 0.15) is 39.9 Å². The van der Waals surface area contributed by atoms with E-state index in [-0.39, 0.29) is 0 Å². The number of aryl methyl sites for hydroxylation is 1. The van der Waals surface area contributed by atoms with Crippen molar-refractivity contribution in [3.8, 4) is 0 Å². The normalized spacial score (nSPS) is 14.1. The fourth-order valence-corrected chi connectivity index (χ4v) is 2.74. The number of allylic oxidation sites excluding steroid dienone is 1.